The standard InChI is InChI=1S/C17H26N4O/c1-20-9-11-21(12-10-20)16(14-5-3-2-4-6-14)13-18-17(22)19-15-7-8-15/h2-6,15-16H,7-13H2,1H3,(H2,18,19,22). The summed E-state index contributed by atoms with van der Waals surface area (Å²) in [6, 6.07) is 11.1. The lowest BCUT2D eigenvalue weighted by Crippen LogP contribution is -2.49. The summed E-state index contributed by atoms with van der Waals surface area (Å²) >= 11 is 0. The SMILES string of the molecule is CN1CCN(C(CNC(=O)NC2CC2)c2ccccc2)CC1. The molecule has 1 aliphatic heterocycles. The lowest BCUT2D eigenvalue weighted by Gasteiger charge is -2.38. The molecule has 1 atom stereocenters. The summed E-state index contributed by atoms with van der Waals surface area (Å²) in [7, 11) is 2.16. The van der Waals surface area contributed by atoms with E-state index in [2.05, 4.69) is 51.7 Å². The van der Waals surface area contributed by atoms with E-state index in [0.717, 1.165) is 39.0 Å². The van der Waals surface area contributed by atoms with Gasteiger partial charge in [0, 0.05) is 38.8 Å². The maximum Gasteiger partial charge on any atom is 0.315 e. The second kappa shape index (κ2) is 7.11. The van der Waals surface area contributed by atoms with Gasteiger partial charge in [-0.15, -0.1) is 0 Å². The molecule has 2 fully saturated rings. The maximum absolute atomic E-state index is 11.9. The molecule has 1 saturated carbocycles. The minimum atomic E-state index is -0.0300. The third kappa shape index (κ3) is 4.21. The summed E-state index contributed by atoms with van der Waals surface area (Å²) in [6.45, 7) is 4.91. The highest BCUT2D eigenvalue weighted by atomic mass is 16.2. The van der Waals surface area contributed by atoms with Crippen molar-refractivity contribution in [2.24, 2.45) is 0 Å². The largest absolute Gasteiger partial charge is 0.336 e. The zero-order valence-electron chi connectivity index (χ0n) is 13.3. The van der Waals surface area contributed by atoms with Gasteiger partial charge in [0.05, 0.1) is 6.04 Å². The fourth-order valence-corrected chi connectivity index (χ4v) is 2.92. The van der Waals surface area contributed by atoms with E-state index >= 15 is 0 Å². The Labute approximate surface area is 132 Å². The average molecular weight is 302 g/mol. The molecule has 1 aromatic carbocycles. The van der Waals surface area contributed by atoms with Crippen LogP contribution in [-0.4, -0.2) is 61.6 Å². The molecule has 5 heteroatoms. The Morgan fingerprint density at radius 1 is 1.18 bits per heavy atom. The van der Waals surface area contributed by atoms with E-state index in [9.17, 15) is 4.79 Å². The Morgan fingerprint density at radius 3 is 2.50 bits per heavy atom. The lowest BCUT2D eigenvalue weighted by atomic mass is 10.0. The normalized spacial score (nSPS) is 21.3. The highest BCUT2D eigenvalue weighted by molar-refractivity contribution is 5.74. The summed E-state index contributed by atoms with van der Waals surface area (Å²) in [5, 5.41) is 6.05. The number of urea groups is 1. The molecule has 1 aliphatic carbocycles. The van der Waals surface area contributed by atoms with Crippen LogP contribution in [0, 0.1) is 0 Å². The monoisotopic (exact) mass is 302 g/mol. The van der Waals surface area contributed by atoms with Crippen LogP contribution in [0.1, 0.15) is 24.4 Å². The van der Waals surface area contributed by atoms with Crippen LogP contribution in [0.25, 0.3) is 0 Å². The van der Waals surface area contributed by atoms with E-state index in [0.29, 0.717) is 12.6 Å². The summed E-state index contributed by atoms with van der Waals surface area (Å²) in [5.41, 5.74) is 1.28. The van der Waals surface area contributed by atoms with Gasteiger partial charge in [0.1, 0.15) is 0 Å². The molecule has 1 unspecified atom stereocenters. The molecule has 2 aliphatic rings. The Balaban J connectivity index is 1.61. The molecule has 1 heterocycles. The molecule has 22 heavy (non-hydrogen) atoms. The number of piperazine rings is 1. The van der Waals surface area contributed by atoms with Crippen LogP contribution in [0.2, 0.25) is 0 Å². The van der Waals surface area contributed by atoms with Gasteiger partial charge in [0.15, 0.2) is 0 Å². The predicted octanol–water partition coefficient (Wildman–Crippen LogP) is 1.44. The minimum absolute atomic E-state index is 0.0300. The van der Waals surface area contributed by atoms with Gasteiger partial charge in [-0.3, -0.25) is 4.90 Å². The zero-order valence-corrected chi connectivity index (χ0v) is 13.3. The van der Waals surface area contributed by atoms with Gasteiger partial charge in [-0.1, -0.05) is 30.3 Å². The van der Waals surface area contributed by atoms with Gasteiger partial charge in [-0.05, 0) is 25.5 Å². The van der Waals surface area contributed by atoms with Gasteiger partial charge in [-0.2, -0.15) is 0 Å². The average Bonchev–Trinajstić information content (AvgIpc) is 3.34. The molecular formula is C17H26N4O. The molecular weight excluding hydrogens is 276 g/mol. The van der Waals surface area contributed by atoms with Gasteiger partial charge < -0.3 is 15.5 Å². The van der Waals surface area contributed by atoms with Crippen molar-refractivity contribution in [3.63, 3.8) is 0 Å². The van der Waals surface area contributed by atoms with E-state index in [-0.39, 0.29) is 12.1 Å². The van der Waals surface area contributed by atoms with Gasteiger partial charge in [-0.25, -0.2) is 4.79 Å². The summed E-state index contributed by atoms with van der Waals surface area (Å²) in [5.74, 6) is 0. The van der Waals surface area contributed by atoms with Gasteiger partial charge >= 0.3 is 6.03 Å². The van der Waals surface area contributed by atoms with Crippen LogP contribution >= 0.6 is 0 Å². The van der Waals surface area contributed by atoms with Crippen molar-refractivity contribution in [2.45, 2.75) is 24.9 Å². The summed E-state index contributed by atoms with van der Waals surface area (Å²) < 4.78 is 0. The third-order valence-corrected chi connectivity index (χ3v) is 4.53. The maximum atomic E-state index is 11.9. The minimum Gasteiger partial charge on any atom is -0.336 e. The highest BCUT2D eigenvalue weighted by Gasteiger charge is 2.26. The Bertz CT molecular complexity index is 481. The number of benzene rings is 1. The number of carbonyl (C=O) groups is 1. The molecule has 120 valence electrons. The highest BCUT2D eigenvalue weighted by Crippen LogP contribution is 2.22. The zero-order chi connectivity index (χ0) is 15.4. The molecule has 3 rings (SSSR count). The number of nitrogens with one attached hydrogen (secondary N) is 2. The molecule has 0 spiro atoms. The number of hydrogen-bond donors (Lipinski definition) is 2. The van der Waals surface area contributed by atoms with Gasteiger partial charge in [0.2, 0.25) is 0 Å². The predicted molar refractivity (Wildman–Crippen MR) is 87.8 cm³/mol. The van der Waals surface area contributed by atoms with Gasteiger partial charge in [0.25, 0.3) is 0 Å². The number of amides is 2. The molecule has 5 nitrogen and oxygen atoms in total. The molecule has 0 bridgehead atoms. The van der Waals surface area contributed by atoms with Crippen LogP contribution in [0.15, 0.2) is 30.3 Å². The number of hydrogen-bond acceptors (Lipinski definition) is 3. The van der Waals surface area contributed by atoms with Crippen molar-refractivity contribution in [2.75, 3.05) is 39.8 Å². The summed E-state index contributed by atoms with van der Waals surface area (Å²) in [4.78, 5) is 16.7. The Morgan fingerprint density at radius 2 is 1.86 bits per heavy atom. The first kappa shape index (κ1) is 15.3. The quantitative estimate of drug-likeness (QED) is 0.865. The molecule has 2 N–H and O–H groups in total. The smallest absolute Gasteiger partial charge is 0.315 e. The molecule has 1 saturated heterocycles. The van der Waals surface area contributed by atoms with Crippen LogP contribution in [0.3, 0.4) is 0 Å². The van der Waals surface area contributed by atoms with Crippen LogP contribution in [-0.2, 0) is 0 Å². The summed E-state index contributed by atoms with van der Waals surface area (Å²) in [6.07, 6.45) is 2.24. The first-order valence-corrected chi connectivity index (χ1v) is 8.24. The van der Waals surface area contributed by atoms with Crippen molar-refractivity contribution in [1.82, 2.24) is 20.4 Å². The first-order valence-electron chi connectivity index (χ1n) is 8.24. The lowest BCUT2D eigenvalue weighted by molar-refractivity contribution is 0.111. The van der Waals surface area contributed by atoms with Crippen LogP contribution in [0.4, 0.5) is 4.79 Å². The second-order valence-corrected chi connectivity index (χ2v) is 6.39. The molecule has 0 aromatic heterocycles. The Hall–Kier alpha value is -1.59. The van der Waals surface area contributed by atoms with E-state index < -0.39 is 0 Å². The van der Waals surface area contributed by atoms with E-state index in [1.54, 1.807) is 0 Å². The first-order chi connectivity index (χ1) is 10.7. The van der Waals surface area contributed by atoms with Crippen molar-refractivity contribution in [1.29, 1.82) is 0 Å². The van der Waals surface area contributed by atoms with E-state index in [1.165, 1.54) is 5.56 Å². The van der Waals surface area contributed by atoms with E-state index in [1.807, 2.05) is 6.07 Å². The van der Waals surface area contributed by atoms with Crippen molar-refractivity contribution >= 4 is 6.03 Å². The fourth-order valence-electron chi connectivity index (χ4n) is 2.92. The van der Waals surface area contributed by atoms with E-state index in [4.69, 9.17) is 0 Å². The second-order valence-electron chi connectivity index (χ2n) is 6.39. The van der Waals surface area contributed by atoms with Crippen LogP contribution < -0.4 is 10.6 Å². The molecule has 1 aromatic rings. The number of likely N-dealkylation sites (N-methyl/N-ethyl adjacent to an activating group) is 1. The Kier molecular flexibility index (Phi) is 4.95. The van der Waals surface area contributed by atoms with Crippen molar-refractivity contribution < 1.29 is 4.79 Å². The number of carbonyl (C=O) groups excluding carboxylic acids is 1. The third-order valence-electron chi connectivity index (χ3n) is 4.53. The number of nitrogens with zero attached hydrogens (tertiary/aromatic N) is 2. The number of rotatable bonds is 5. The fraction of sp³-hybridized carbons (Fsp3) is 0.588. The van der Waals surface area contributed by atoms with Crippen LogP contribution in [0.5, 0.6) is 0 Å². The molecule has 2 amide bonds. The van der Waals surface area contributed by atoms with Crippen molar-refractivity contribution in [3.05, 3.63) is 35.9 Å². The molecule has 0 radical (unpaired) electrons. The van der Waals surface area contributed by atoms with Crippen molar-refractivity contribution in [3.8, 4) is 0 Å². The topological polar surface area (TPSA) is 47.6 Å².